The van der Waals surface area contributed by atoms with Gasteiger partial charge in [0.2, 0.25) is 6.79 Å². The maximum atomic E-state index is 13.8. The molecule has 6 rings (SSSR count). The van der Waals surface area contributed by atoms with Crippen molar-refractivity contribution in [3.63, 3.8) is 0 Å². The number of ether oxygens (including phenoxy) is 3. The minimum absolute atomic E-state index is 0.0966. The number of rotatable bonds is 6. The highest BCUT2D eigenvalue weighted by Gasteiger charge is 2.36. The SMILES string of the molecule is O=C(NN1C(=O)c2cc(Br)ccc2NC1c1ccccc1OCc1cccc(Br)c1)c1ccc2c(c1)OCO2. The third-order valence-electron chi connectivity index (χ3n) is 6.33. The molecule has 0 bridgehead atoms. The first-order chi connectivity index (χ1) is 19.0. The number of hydrazine groups is 1. The lowest BCUT2D eigenvalue weighted by atomic mass is 10.0. The third kappa shape index (κ3) is 5.17. The molecule has 2 heterocycles. The summed E-state index contributed by atoms with van der Waals surface area (Å²) < 4.78 is 18.7. The molecule has 0 aromatic heterocycles. The quantitative estimate of drug-likeness (QED) is 0.250. The lowest BCUT2D eigenvalue weighted by Gasteiger charge is -2.38. The van der Waals surface area contributed by atoms with Crippen LogP contribution in [0, 0.1) is 0 Å². The van der Waals surface area contributed by atoms with Gasteiger partial charge in [-0.2, -0.15) is 0 Å². The van der Waals surface area contributed by atoms with Gasteiger partial charge in [-0.3, -0.25) is 15.0 Å². The van der Waals surface area contributed by atoms with Crippen LogP contribution in [0.15, 0.2) is 93.9 Å². The molecule has 39 heavy (non-hydrogen) atoms. The van der Waals surface area contributed by atoms with Gasteiger partial charge >= 0.3 is 0 Å². The number of amides is 2. The van der Waals surface area contributed by atoms with Crippen LogP contribution >= 0.6 is 31.9 Å². The van der Waals surface area contributed by atoms with Gasteiger partial charge in [-0.25, -0.2) is 5.01 Å². The fourth-order valence-electron chi connectivity index (χ4n) is 4.45. The molecule has 2 aliphatic heterocycles. The molecule has 1 unspecified atom stereocenters. The summed E-state index contributed by atoms with van der Waals surface area (Å²) in [5.74, 6) is 0.773. The molecule has 0 radical (unpaired) electrons. The molecule has 0 saturated carbocycles. The molecule has 0 fully saturated rings. The van der Waals surface area contributed by atoms with Gasteiger partial charge in [-0.05, 0) is 60.2 Å². The second-order valence-corrected chi connectivity index (χ2v) is 10.7. The zero-order chi connectivity index (χ0) is 26.9. The Bertz CT molecular complexity index is 1600. The minimum atomic E-state index is -0.747. The zero-order valence-corrected chi connectivity index (χ0v) is 23.5. The van der Waals surface area contributed by atoms with E-state index in [0.717, 1.165) is 14.5 Å². The lowest BCUT2D eigenvalue weighted by molar-refractivity contribution is 0.0487. The van der Waals surface area contributed by atoms with Crippen molar-refractivity contribution in [2.24, 2.45) is 0 Å². The molecule has 2 aliphatic rings. The molecule has 4 aromatic rings. The summed E-state index contributed by atoms with van der Waals surface area (Å²) in [6.07, 6.45) is -0.747. The molecule has 4 aromatic carbocycles. The van der Waals surface area contributed by atoms with Crippen LogP contribution in [0.2, 0.25) is 0 Å². The molecular formula is C29H21Br2N3O5. The van der Waals surface area contributed by atoms with Crippen molar-refractivity contribution in [3.8, 4) is 17.2 Å². The Hall–Kier alpha value is -4.02. The fourth-order valence-corrected chi connectivity index (χ4v) is 5.26. The van der Waals surface area contributed by atoms with Gasteiger partial charge in [0.15, 0.2) is 17.7 Å². The topological polar surface area (TPSA) is 89.1 Å². The van der Waals surface area contributed by atoms with Gasteiger partial charge in [0, 0.05) is 25.8 Å². The van der Waals surface area contributed by atoms with Crippen molar-refractivity contribution in [2.75, 3.05) is 12.1 Å². The average Bonchev–Trinajstić information content (AvgIpc) is 3.42. The van der Waals surface area contributed by atoms with Crippen LogP contribution < -0.4 is 25.0 Å². The summed E-state index contributed by atoms with van der Waals surface area (Å²) in [5.41, 5.74) is 5.85. The van der Waals surface area contributed by atoms with Crippen LogP contribution in [0.25, 0.3) is 0 Å². The number of nitrogens with zero attached hydrogens (tertiary/aromatic N) is 1. The van der Waals surface area contributed by atoms with E-state index in [1.54, 1.807) is 24.3 Å². The van der Waals surface area contributed by atoms with Gasteiger partial charge in [0.05, 0.1) is 5.56 Å². The van der Waals surface area contributed by atoms with E-state index in [2.05, 4.69) is 42.6 Å². The van der Waals surface area contributed by atoms with Gasteiger partial charge in [0.25, 0.3) is 11.8 Å². The first-order valence-electron chi connectivity index (χ1n) is 12.0. The zero-order valence-electron chi connectivity index (χ0n) is 20.3. The number of benzene rings is 4. The molecule has 0 saturated heterocycles. The van der Waals surface area contributed by atoms with Crippen molar-refractivity contribution < 1.29 is 23.8 Å². The number of hydrogen-bond donors (Lipinski definition) is 2. The second kappa shape index (κ2) is 10.6. The molecule has 0 spiro atoms. The van der Waals surface area contributed by atoms with Gasteiger partial charge in [-0.15, -0.1) is 0 Å². The van der Waals surface area contributed by atoms with Crippen LogP contribution in [0.4, 0.5) is 5.69 Å². The molecule has 196 valence electrons. The largest absolute Gasteiger partial charge is 0.488 e. The Morgan fingerprint density at radius 1 is 0.949 bits per heavy atom. The number of fused-ring (bicyclic) bond motifs is 2. The number of carbonyl (C=O) groups is 2. The molecule has 10 heteroatoms. The van der Waals surface area contributed by atoms with Crippen LogP contribution in [-0.4, -0.2) is 23.6 Å². The fraction of sp³-hybridized carbons (Fsp3) is 0.103. The molecular weight excluding hydrogens is 630 g/mol. The van der Waals surface area contributed by atoms with Crippen molar-refractivity contribution in [3.05, 3.63) is 116 Å². The van der Waals surface area contributed by atoms with E-state index in [4.69, 9.17) is 14.2 Å². The molecule has 0 aliphatic carbocycles. The first kappa shape index (κ1) is 25.3. The standard InChI is InChI=1S/C29H21Br2N3O5/c30-19-5-3-4-17(12-19)15-37-24-7-2-1-6-21(24)27-32-23-10-9-20(31)14-22(23)29(36)34(27)33-28(35)18-8-11-25-26(13-18)39-16-38-25/h1-14,27,32H,15-16H2,(H,33,35). The average molecular weight is 651 g/mol. The Labute approximate surface area is 241 Å². The summed E-state index contributed by atoms with van der Waals surface area (Å²) in [6, 6.07) is 25.6. The van der Waals surface area contributed by atoms with Crippen molar-refractivity contribution in [1.29, 1.82) is 0 Å². The summed E-state index contributed by atoms with van der Waals surface area (Å²) in [5, 5.41) is 4.70. The van der Waals surface area contributed by atoms with Gasteiger partial charge < -0.3 is 19.5 Å². The van der Waals surface area contributed by atoms with E-state index < -0.39 is 12.1 Å². The molecule has 2 amide bonds. The number of para-hydroxylation sites is 1. The van der Waals surface area contributed by atoms with Gasteiger partial charge in [-0.1, -0.05) is 62.2 Å². The van der Waals surface area contributed by atoms with Crippen LogP contribution in [-0.2, 0) is 6.61 Å². The highest BCUT2D eigenvalue weighted by molar-refractivity contribution is 9.10. The van der Waals surface area contributed by atoms with Crippen molar-refractivity contribution >= 4 is 49.4 Å². The first-order valence-corrected chi connectivity index (χ1v) is 13.6. The Morgan fingerprint density at radius 2 is 1.77 bits per heavy atom. The number of nitrogens with one attached hydrogen (secondary N) is 2. The maximum absolute atomic E-state index is 13.8. The van der Waals surface area contributed by atoms with Crippen LogP contribution in [0.3, 0.4) is 0 Å². The van der Waals surface area contributed by atoms with E-state index in [1.807, 2.05) is 60.7 Å². The van der Waals surface area contributed by atoms with E-state index >= 15 is 0 Å². The van der Waals surface area contributed by atoms with E-state index in [0.29, 0.717) is 46.2 Å². The maximum Gasteiger partial charge on any atom is 0.276 e. The molecule has 1 atom stereocenters. The van der Waals surface area contributed by atoms with Crippen LogP contribution in [0.5, 0.6) is 17.2 Å². The summed E-state index contributed by atoms with van der Waals surface area (Å²) in [7, 11) is 0. The predicted octanol–water partition coefficient (Wildman–Crippen LogP) is 6.43. The summed E-state index contributed by atoms with van der Waals surface area (Å²) in [6.45, 7) is 0.420. The van der Waals surface area contributed by atoms with Crippen molar-refractivity contribution in [2.45, 2.75) is 12.8 Å². The third-order valence-corrected chi connectivity index (χ3v) is 7.32. The lowest BCUT2D eigenvalue weighted by Crippen LogP contribution is -2.53. The normalized spacial score (nSPS) is 15.4. The van der Waals surface area contributed by atoms with Crippen molar-refractivity contribution in [1.82, 2.24) is 10.4 Å². The van der Waals surface area contributed by atoms with E-state index in [9.17, 15) is 9.59 Å². The molecule has 8 nitrogen and oxygen atoms in total. The monoisotopic (exact) mass is 649 g/mol. The molecule has 2 N–H and O–H groups in total. The number of halogens is 2. The van der Waals surface area contributed by atoms with Crippen LogP contribution in [0.1, 0.15) is 38.0 Å². The summed E-state index contributed by atoms with van der Waals surface area (Å²) in [4.78, 5) is 27.2. The Morgan fingerprint density at radius 3 is 2.64 bits per heavy atom. The van der Waals surface area contributed by atoms with Gasteiger partial charge in [0.1, 0.15) is 12.4 Å². The summed E-state index contributed by atoms with van der Waals surface area (Å²) >= 11 is 6.93. The number of carbonyl (C=O) groups excluding carboxylic acids is 2. The highest BCUT2D eigenvalue weighted by atomic mass is 79.9. The Balaban J connectivity index is 1.34. The number of hydrogen-bond acceptors (Lipinski definition) is 6. The number of anilines is 1. The Kier molecular flexibility index (Phi) is 6.88. The highest BCUT2D eigenvalue weighted by Crippen LogP contribution is 2.38. The predicted molar refractivity (Wildman–Crippen MR) is 152 cm³/mol. The van der Waals surface area contributed by atoms with E-state index in [1.165, 1.54) is 5.01 Å². The van der Waals surface area contributed by atoms with E-state index in [-0.39, 0.29) is 12.7 Å². The minimum Gasteiger partial charge on any atom is -0.488 e. The second-order valence-electron chi connectivity index (χ2n) is 8.88. The smallest absolute Gasteiger partial charge is 0.276 e.